The van der Waals surface area contributed by atoms with Crippen LogP contribution in [0.3, 0.4) is 0 Å². The summed E-state index contributed by atoms with van der Waals surface area (Å²) in [6.45, 7) is 3.79. The monoisotopic (exact) mass is 396 g/mol. The van der Waals surface area contributed by atoms with Gasteiger partial charge in [0.1, 0.15) is 11.4 Å². The van der Waals surface area contributed by atoms with Gasteiger partial charge in [0.25, 0.3) is 0 Å². The molecule has 1 aliphatic heterocycles. The molecule has 0 unspecified atom stereocenters. The lowest BCUT2D eigenvalue weighted by atomic mass is 9.97. The molecule has 2 aromatic carbocycles. The number of carbonyl (C=O) groups excluding carboxylic acids is 1. The van der Waals surface area contributed by atoms with Crippen LogP contribution in [-0.4, -0.2) is 37.8 Å². The summed E-state index contributed by atoms with van der Waals surface area (Å²) < 4.78 is 21.8. The number of methoxy groups -OCH3 is 3. The summed E-state index contributed by atoms with van der Waals surface area (Å²) in [5.74, 6) is 1.45. The molecule has 0 radical (unpaired) electrons. The molecular formula is C23H24O6. The minimum absolute atomic E-state index is 0.130. The summed E-state index contributed by atoms with van der Waals surface area (Å²) in [7, 11) is 4.60. The number of hydrogen-bond acceptors (Lipinski definition) is 6. The second kappa shape index (κ2) is 7.91. The highest BCUT2D eigenvalue weighted by Crippen LogP contribution is 2.45. The van der Waals surface area contributed by atoms with Crippen LogP contribution in [-0.2, 0) is 0 Å². The Bertz CT molecular complexity index is 1000. The van der Waals surface area contributed by atoms with Gasteiger partial charge in [-0.05, 0) is 55.8 Å². The standard InChI is InChI=1S/C23H24O6/c1-23(2)11-10-15-21(25)16(13-20(28-5)22(15)29-23)17(24)8-6-14-7-9-18(26-3)19(12-14)27-4/h6-13,25H,1-5H3/b8-6+. The predicted octanol–water partition coefficient (Wildman–Crippen LogP) is 4.50. The average Bonchev–Trinajstić information content (AvgIpc) is 2.71. The second-order valence-corrected chi connectivity index (χ2v) is 7.07. The Kier molecular flexibility index (Phi) is 5.55. The molecule has 152 valence electrons. The Morgan fingerprint density at radius 2 is 1.72 bits per heavy atom. The number of rotatable bonds is 6. The molecule has 0 amide bonds. The summed E-state index contributed by atoms with van der Waals surface area (Å²) >= 11 is 0. The van der Waals surface area contributed by atoms with E-state index in [1.807, 2.05) is 19.9 Å². The van der Waals surface area contributed by atoms with Crippen molar-refractivity contribution in [2.45, 2.75) is 19.4 Å². The van der Waals surface area contributed by atoms with E-state index in [9.17, 15) is 9.90 Å². The number of phenols is 1. The highest BCUT2D eigenvalue weighted by atomic mass is 16.5. The fraction of sp³-hybridized carbons (Fsp3) is 0.261. The van der Waals surface area contributed by atoms with Gasteiger partial charge in [-0.25, -0.2) is 0 Å². The maximum atomic E-state index is 12.8. The Labute approximate surface area is 170 Å². The third-order valence-electron chi connectivity index (χ3n) is 4.59. The second-order valence-electron chi connectivity index (χ2n) is 7.07. The van der Waals surface area contributed by atoms with E-state index < -0.39 is 5.60 Å². The number of aromatic hydroxyl groups is 1. The molecule has 1 aliphatic rings. The molecular weight excluding hydrogens is 372 g/mol. The van der Waals surface area contributed by atoms with E-state index in [0.717, 1.165) is 5.56 Å². The topological polar surface area (TPSA) is 74.2 Å². The first-order valence-corrected chi connectivity index (χ1v) is 9.06. The molecule has 29 heavy (non-hydrogen) atoms. The normalized spacial score (nSPS) is 14.2. The minimum atomic E-state index is -0.536. The first kappa shape index (κ1) is 20.3. The summed E-state index contributed by atoms with van der Waals surface area (Å²) in [6, 6.07) is 6.81. The summed E-state index contributed by atoms with van der Waals surface area (Å²) in [5.41, 5.74) is 0.771. The van der Waals surface area contributed by atoms with Gasteiger partial charge in [-0.3, -0.25) is 4.79 Å². The lowest BCUT2D eigenvalue weighted by Gasteiger charge is -2.29. The van der Waals surface area contributed by atoms with Gasteiger partial charge in [0.2, 0.25) is 0 Å². The zero-order chi connectivity index (χ0) is 21.2. The number of phenolic OH excluding ortho intramolecular Hbond substituents is 1. The highest BCUT2D eigenvalue weighted by molar-refractivity contribution is 6.10. The van der Waals surface area contributed by atoms with Crippen LogP contribution in [0.2, 0.25) is 0 Å². The van der Waals surface area contributed by atoms with E-state index in [0.29, 0.717) is 28.6 Å². The van der Waals surface area contributed by atoms with Crippen LogP contribution in [0.4, 0.5) is 0 Å². The Morgan fingerprint density at radius 1 is 1.03 bits per heavy atom. The first-order chi connectivity index (χ1) is 13.8. The number of hydrogen-bond donors (Lipinski definition) is 1. The Hall–Kier alpha value is -3.41. The fourth-order valence-corrected chi connectivity index (χ4v) is 3.05. The van der Waals surface area contributed by atoms with Gasteiger partial charge in [0.15, 0.2) is 28.8 Å². The zero-order valence-electron chi connectivity index (χ0n) is 17.1. The molecule has 0 aliphatic carbocycles. The Morgan fingerprint density at radius 3 is 2.38 bits per heavy atom. The molecule has 0 fully saturated rings. The highest BCUT2D eigenvalue weighted by Gasteiger charge is 2.29. The third kappa shape index (κ3) is 4.06. The van der Waals surface area contributed by atoms with Crippen molar-refractivity contribution in [1.82, 2.24) is 0 Å². The lowest BCUT2D eigenvalue weighted by molar-refractivity contribution is 0.104. The van der Waals surface area contributed by atoms with Crippen molar-refractivity contribution in [2.24, 2.45) is 0 Å². The zero-order valence-corrected chi connectivity index (χ0v) is 17.1. The van der Waals surface area contributed by atoms with Gasteiger partial charge < -0.3 is 24.1 Å². The van der Waals surface area contributed by atoms with Crippen molar-refractivity contribution < 1.29 is 28.8 Å². The number of carbonyl (C=O) groups is 1. The SMILES string of the molecule is COc1ccc(/C=C/C(=O)c2cc(OC)c3c(c2O)C=CC(C)(C)O3)cc1OC. The van der Waals surface area contributed by atoms with E-state index >= 15 is 0 Å². The van der Waals surface area contributed by atoms with Gasteiger partial charge >= 0.3 is 0 Å². The van der Waals surface area contributed by atoms with Crippen LogP contribution in [0.1, 0.15) is 35.3 Å². The molecule has 0 bridgehead atoms. The molecule has 6 nitrogen and oxygen atoms in total. The first-order valence-electron chi connectivity index (χ1n) is 9.06. The summed E-state index contributed by atoms with van der Waals surface area (Å²) in [5, 5.41) is 10.7. The van der Waals surface area contributed by atoms with Crippen LogP contribution in [0.5, 0.6) is 28.7 Å². The van der Waals surface area contributed by atoms with Crippen LogP contribution in [0.25, 0.3) is 12.2 Å². The van der Waals surface area contributed by atoms with E-state index in [-0.39, 0.29) is 17.1 Å². The van der Waals surface area contributed by atoms with Crippen molar-refractivity contribution in [2.75, 3.05) is 21.3 Å². The Balaban J connectivity index is 1.95. The lowest BCUT2D eigenvalue weighted by Crippen LogP contribution is -2.28. The molecule has 1 heterocycles. The van der Waals surface area contributed by atoms with Crippen molar-refractivity contribution in [1.29, 1.82) is 0 Å². The molecule has 6 heteroatoms. The third-order valence-corrected chi connectivity index (χ3v) is 4.59. The van der Waals surface area contributed by atoms with E-state index in [4.69, 9.17) is 18.9 Å². The average molecular weight is 396 g/mol. The maximum Gasteiger partial charge on any atom is 0.189 e. The van der Waals surface area contributed by atoms with Crippen molar-refractivity contribution in [3.05, 3.63) is 53.1 Å². The van der Waals surface area contributed by atoms with Crippen molar-refractivity contribution in [3.63, 3.8) is 0 Å². The number of ether oxygens (including phenoxy) is 4. The predicted molar refractivity (Wildman–Crippen MR) is 111 cm³/mol. The molecule has 0 atom stereocenters. The molecule has 0 saturated heterocycles. The quantitative estimate of drug-likeness (QED) is 0.573. The number of benzene rings is 2. The number of fused-ring (bicyclic) bond motifs is 1. The minimum Gasteiger partial charge on any atom is -0.506 e. The van der Waals surface area contributed by atoms with Gasteiger partial charge in [-0.15, -0.1) is 0 Å². The van der Waals surface area contributed by atoms with E-state index in [1.165, 1.54) is 19.3 Å². The van der Waals surface area contributed by atoms with Gasteiger partial charge in [0, 0.05) is 0 Å². The smallest absolute Gasteiger partial charge is 0.189 e. The number of ketones is 1. The summed E-state index contributed by atoms with van der Waals surface area (Å²) in [4.78, 5) is 12.8. The largest absolute Gasteiger partial charge is 0.506 e. The molecule has 3 rings (SSSR count). The molecule has 2 aromatic rings. The molecule has 0 spiro atoms. The number of allylic oxidation sites excluding steroid dienone is 1. The van der Waals surface area contributed by atoms with Gasteiger partial charge in [-0.2, -0.15) is 0 Å². The molecule has 0 aromatic heterocycles. The van der Waals surface area contributed by atoms with Gasteiger partial charge in [0.05, 0.1) is 32.5 Å². The molecule has 0 saturated carbocycles. The van der Waals surface area contributed by atoms with Crippen LogP contribution < -0.4 is 18.9 Å². The summed E-state index contributed by atoms with van der Waals surface area (Å²) in [6.07, 6.45) is 6.60. The van der Waals surface area contributed by atoms with Crippen molar-refractivity contribution >= 4 is 17.9 Å². The van der Waals surface area contributed by atoms with Crippen molar-refractivity contribution in [3.8, 4) is 28.7 Å². The van der Waals surface area contributed by atoms with E-state index in [1.54, 1.807) is 44.6 Å². The van der Waals surface area contributed by atoms with E-state index in [2.05, 4.69) is 0 Å². The van der Waals surface area contributed by atoms with Crippen LogP contribution in [0, 0.1) is 0 Å². The maximum absolute atomic E-state index is 12.8. The molecule has 1 N–H and O–H groups in total. The van der Waals surface area contributed by atoms with Crippen LogP contribution in [0.15, 0.2) is 36.4 Å². The van der Waals surface area contributed by atoms with Crippen LogP contribution >= 0.6 is 0 Å². The van der Waals surface area contributed by atoms with Gasteiger partial charge in [-0.1, -0.05) is 12.1 Å². The fourth-order valence-electron chi connectivity index (χ4n) is 3.05.